The second kappa shape index (κ2) is 7.06. The summed E-state index contributed by atoms with van der Waals surface area (Å²) in [6, 6.07) is 9.86. The van der Waals surface area contributed by atoms with Crippen molar-refractivity contribution in [2.75, 3.05) is 16.9 Å². The van der Waals surface area contributed by atoms with Crippen molar-refractivity contribution >= 4 is 55.7 Å². The summed E-state index contributed by atoms with van der Waals surface area (Å²) < 4.78 is 2.46. The molecule has 0 unspecified atom stereocenters. The SMILES string of the molecule is Cc1ccc2nc(NC(=O)CSc3nnc(-c4cccs4)n3N)sc2c1. The molecule has 0 aliphatic heterocycles. The summed E-state index contributed by atoms with van der Waals surface area (Å²) in [6.07, 6.45) is 0. The molecule has 3 aromatic heterocycles. The Labute approximate surface area is 161 Å². The third-order valence-electron chi connectivity index (χ3n) is 3.53. The quantitative estimate of drug-likeness (QED) is 0.392. The molecule has 0 spiro atoms. The molecule has 1 amide bonds. The number of anilines is 1. The zero-order chi connectivity index (χ0) is 18.1. The van der Waals surface area contributed by atoms with Gasteiger partial charge in [0.2, 0.25) is 11.1 Å². The summed E-state index contributed by atoms with van der Waals surface area (Å²) in [5, 5.41) is 14.0. The molecule has 10 heteroatoms. The highest BCUT2D eigenvalue weighted by molar-refractivity contribution is 7.99. The fourth-order valence-corrected chi connectivity index (χ4v) is 4.66. The molecule has 0 saturated heterocycles. The maximum absolute atomic E-state index is 12.2. The third kappa shape index (κ3) is 3.43. The first-order valence-corrected chi connectivity index (χ1v) is 10.3. The molecule has 0 saturated carbocycles. The lowest BCUT2D eigenvalue weighted by Gasteiger charge is -2.02. The summed E-state index contributed by atoms with van der Waals surface area (Å²) in [7, 11) is 0. The van der Waals surface area contributed by atoms with Crippen molar-refractivity contribution in [1.82, 2.24) is 19.9 Å². The Morgan fingerprint density at radius 1 is 1.35 bits per heavy atom. The van der Waals surface area contributed by atoms with E-state index in [1.54, 1.807) is 0 Å². The molecule has 3 N–H and O–H groups in total. The van der Waals surface area contributed by atoms with Crippen molar-refractivity contribution in [3.8, 4) is 10.7 Å². The number of nitrogens with two attached hydrogens (primary N) is 1. The van der Waals surface area contributed by atoms with Crippen LogP contribution < -0.4 is 11.2 Å². The number of nitrogen functional groups attached to an aromatic ring is 1. The highest BCUT2D eigenvalue weighted by atomic mass is 32.2. The second-order valence-corrected chi connectivity index (χ2v) is 8.40. The Balaban J connectivity index is 1.41. The lowest BCUT2D eigenvalue weighted by atomic mass is 10.2. The Hall–Kier alpha value is -2.43. The molecule has 132 valence electrons. The van der Waals surface area contributed by atoms with E-state index in [1.807, 2.05) is 36.6 Å². The number of hydrogen-bond acceptors (Lipinski definition) is 8. The number of benzene rings is 1. The molecule has 0 aliphatic rings. The predicted molar refractivity (Wildman–Crippen MR) is 107 cm³/mol. The Morgan fingerprint density at radius 3 is 3.04 bits per heavy atom. The van der Waals surface area contributed by atoms with Gasteiger partial charge in [0.1, 0.15) is 0 Å². The van der Waals surface area contributed by atoms with Crippen LogP contribution in [0.3, 0.4) is 0 Å². The predicted octanol–water partition coefficient (Wildman–Crippen LogP) is 3.37. The van der Waals surface area contributed by atoms with Crippen LogP contribution in [0.5, 0.6) is 0 Å². The molecule has 4 rings (SSSR count). The van der Waals surface area contributed by atoms with E-state index in [0.29, 0.717) is 16.1 Å². The van der Waals surface area contributed by atoms with E-state index in [4.69, 9.17) is 5.84 Å². The van der Waals surface area contributed by atoms with Gasteiger partial charge >= 0.3 is 0 Å². The number of fused-ring (bicyclic) bond motifs is 1. The minimum atomic E-state index is -0.161. The van der Waals surface area contributed by atoms with E-state index < -0.39 is 0 Å². The van der Waals surface area contributed by atoms with Crippen LogP contribution in [0.25, 0.3) is 20.9 Å². The van der Waals surface area contributed by atoms with Gasteiger partial charge in [0, 0.05) is 0 Å². The van der Waals surface area contributed by atoms with Crippen LogP contribution in [0.15, 0.2) is 40.9 Å². The Bertz CT molecular complexity index is 1070. The number of carbonyl (C=O) groups is 1. The summed E-state index contributed by atoms with van der Waals surface area (Å²) in [5.41, 5.74) is 2.05. The van der Waals surface area contributed by atoms with Gasteiger partial charge in [-0.05, 0) is 36.1 Å². The van der Waals surface area contributed by atoms with Crippen LogP contribution in [-0.4, -0.2) is 31.5 Å². The minimum absolute atomic E-state index is 0.161. The maximum Gasteiger partial charge on any atom is 0.236 e. The zero-order valence-corrected chi connectivity index (χ0v) is 16.1. The molecular weight excluding hydrogens is 388 g/mol. The average Bonchev–Trinajstić information content (AvgIpc) is 3.32. The lowest BCUT2D eigenvalue weighted by Crippen LogP contribution is -2.16. The molecular formula is C16H14N6OS3. The number of aryl methyl sites for hydroxylation is 1. The summed E-state index contributed by atoms with van der Waals surface area (Å²) in [5.74, 6) is 6.64. The van der Waals surface area contributed by atoms with Gasteiger partial charge in [-0.3, -0.25) is 4.79 Å². The molecule has 1 aromatic carbocycles. The highest BCUT2D eigenvalue weighted by Crippen LogP contribution is 2.28. The van der Waals surface area contributed by atoms with E-state index in [1.165, 1.54) is 44.7 Å². The smallest absolute Gasteiger partial charge is 0.236 e. The van der Waals surface area contributed by atoms with Crippen LogP contribution in [0.4, 0.5) is 5.13 Å². The molecule has 7 nitrogen and oxygen atoms in total. The van der Waals surface area contributed by atoms with E-state index in [0.717, 1.165) is 15.1 Å². The topological polar surface area (TPSA) is 98.7 Å². The van der Waals surface area contributed by atoms with Crippen molar-refractivity contribution in [3.63, 3.8) is 0 Å². The van der Waals surface area contributed by atoms with E-state index in [-0.39, 0.29) is 11.7 Å². The molecule has 0 bridgehead atoms. The van der Waals surface area contributed by atoms with Gasteiger partial charge < -0.3 is 11.2 Å². The van der Waals surface area contributed by atoms with Gasteiger partial charge in [0.25, 0.3) is 0 Å². The van der Waals surface area contributed by atoms with Gasteiger partial charge in [0.05, 0.1) is 20.8 Å². The number of nitrogens with one attached hydrogen (secondary N) is 1. The Kier molecular flexibility index (Phi) is 4.62. The monoisotopic (exact) mass is 402 g/mol. The van der Waals surface area contributed by atoms with E-state index in [2.05, 4.69) is 26.6 Å². The first-order chi connectivity index (χ1) is 12.6. The standard InChI is InChI=1S/C16H14N6OS3/c1-9-4-5-10-12(7-9)26-15(18-10)19-13(23)8-25-16-21-20-14(22(16)17)11-3-2-6-24-11/h2-7H,8,17H2,1H3,(H,18,19,23). The number of amides is 1. The first kappa shape index (κ1) is 17.0. The molecule has 4 aromatic rings. The summed E-state index contributed by atoms with van der Waals surface area (Å²) in [6.45, 7) is 2.03. The number of aromatic nitrogens is 4. The van der Waals surface area contributed by atoms with Crippen LogP contribution >= 0.6 is 34.4 Å². The van der Waals surface area contributed by atoms with Gasteiger partial charge in [-0.25, -0.2) is 9.66 Å². The van der Waals surface area contributed by atoms with Crippen molar-refractivity contribution in [1.29, 1.82) is 0 Å². The average molecular weight is 403 g/mol. The van der Waals surface area contributed by atoms with Crippen LogP contribution in [0, 0.1) is 6.92 Å². The maximum atomic E-state index is 12.2. The summed E-state index contributed by atoms with van der Waals surface area (Å²) in [4.78, 5) is 17.6. The third-order valence-corrected chi connectivity index (χ3v) is 6.27. The molecule has 0 atom stereocenters. The number of rotatable bonds is 5. The largest absolute Gasteiger partial charge is 0.335 e. The number of thioether (sulfide) groups is 1. The van der Waals surface area contributed by atoms with Crippen LogP contribution in [-0.2, 0) is 4.79 Å². The van der Waals surface area contributed by atoms with Crippen LogP contribution in [0.1, 0.15) is 5.56 Å². The first-order valence-electron chi connectivity index (χ1n) is 7.64. The fraction of sp³-hybridized carbons (Fsp3) is 0.125. The lowest BCUT2D eigenvalue weighted by molar-refractivity contribution is -0.113. The normalized spacial score (nSPS) is 11.1. The van der Waals surface area contributed by atoms with Crippen molar-refractivity contribution < 1.29 is 4.79 Å². The molecule has 3 heterocycles. The summed E-state index contributed by atoms with van der Waals surface area (Å²) >= 11 is 4.23. The van der Waals surface area contributed by atoms with Gasteiger partial charge in [-0.2, -0.15) is 0 Å². The zero-order valence-electron chi connectivity index (χ0n) is 13.7. The van der Waals surface area contributed by atoms with Gasteiger partial charge in [0.15, 0.2) is 11.0 Å². The highest BCUT2D eigenvalue weighted by Gasteiger charge is 2.15. The molecule has 0 aliphatic carbocycles. The van der Waals surface area contributed by atoms with E-state index >= 15 is 0 Å². The van der Waals surface area contributed by atoms with Gasteiger partial charge in [-0.15, -0.1) is 21.5 Å². The van der Waals surface area contributed by atoms with Crippen LogP contribution in [0.2, 0.25) is 0 Å². The van der Waals surface area contributed by atoms with Crippen molar-refractivity contribution in [3.05, 3.63) is 41.3 Å². The molecule has 0 fully saturated rings. The van der Waals surface area contributed by atoms with Crippen molar-refractivity contribution in [2.24, 2.45) is 0 Å². The minimum Gasteiger partial charge on any atom is -0.335 e. The number of carbonyl (C=O) groups excluding carboxylic acids is 1. The number of thiazole rings is 1. The molecule has 0 radical (unpaired) electrons. The fourth-order valence-electron chi connectivity index (χ4n) is 2.32. The number of thiophene rings is 1. The second-order valence-electron chi connectivity index (χ2n) is 5.48. The number of nitrogens with zero attached hydrogens (tertiary/aromatic N) is 4. The van der Waals surface area contributed by atoms with Crippen molar-refractivity contribution in [2.45, 2.75) is 12.1 Å². The Morgan fingerprint density at radius 2 is 2.23 bits per heavy atom. The molecule has 26 heavy (non-hydrogen) atoms. The van der Waals surface area contributed by atoms with E-state index in [9.17, 15) is 4.79 Å². The number of hydrogen-bond donors (Lipinski definition) is 2. The van der Waals surface area contributed by atoms with Gasteiger partial charge in [-0.1, -0.05) is 35.2 Å².